The number of hydrogen-bond donors (Lipinski definition) is 2. The zero-order chi connectivity index (χ0) is 17.6. The van der Waals surface area contributed by atoms with E-state index in [0.29, 0.717) is 6.42 Å². The molecule has 0 unspecified atom stereocenters. The molecular formula is C14H24Cl2N4O5S. The predicted molar refractivity (Wildman–Crippen MR) is 103 cm³/mol. The highest BCUT2D eigenvalue weighted by Crippen LogP contribution is 2.27. The first-order chi connectivity index (χ1) is 11.4. The molecule has 2 N–H and O–H groups in total. The quantitative estimate of drug-likeness (QED) is 0.359. The van der Waals surface area contributed by atoms with E-state index in [1.807, 2.05) is 0 Å². The first kappa shape index (κ1) is 24.8. The van der Waals surface area contributed by atoms with E-state index >= 15 is 0 Å². The Labute approximate surface area is 165 Å². The molecule has 26 heavy (non-hydrogen) atoms. The van der Waals surface area contributed by atoms with E-state index < -0.39 is 14.9 Å². The van der Waals surface area contributed by atoms with Gasteiger partial charge in [0, 0.05) is 44.9 Å². The van der Waals surface area contributed by atoms with Crippen LogP contribution in [0.5, 0.6) is 5.75 Å². The minimum Gasteiger partial charge on any atom is -0.495 e. The molecule has 0 spiro atoms. The molecule has 150 valence electrons. The molecule has 9 nitrogen and oxygen atoms in total. The molecule has 1 aromatic carbocycles. The van der Waals surface area contributed by atoms with Crippen molar-refractivity contribution in [3.05, 3.63) is 28.3 Å². The van der Waals surface area contributed by atoms with Crippen LogP contribution in [0.3, 0.4) is 0 Å². The number of rotatable bonds is 8. The number of nitrogens with zero attached hydrogens (tertiary/aromatic N) is 2. The number of halogens is 2. The molecule has 1 fully saturated rings. The predicted octanol–water partition coefficient (Wildman–Crippen LogP) is 1.02. The van der Waals surface area contributed by atoms with Gasteiger partial charge in [0.25, 0.3) is 5.69 Å². The van der Waals surface area contributed by atoms with E-state index in [1.54, 1.807) is 0 Å². The number of piperazine rings is 1. The molecule has 0 radical (unpaired) electrons. The molecule has 0 aliphatic carbocycles. The Kier molecular flexibility index (Phi) is 11.0. The summed E-state index contributed by atoms with van der Waals surface area (Å²) < 4.78 is 32.3. The topological polar surface area (TPSA) is 114 Å². The third kappa shape index (κ3) is 6.86. The molecule has 0 aromatic heterocycles. The summed E-state index contributed by atoms with van der Waals surface area (Å²) in [5, 5.41) is 14.1. The average Bonchev–Trinajstić information content (AvgIpc) is 2.59. The number of ether oxygens (including phenoxy) is 1. The third-order valence-electron chi connectivity index (χ3n) is 3.80. The number of sulfonamides is 1. The second-order valence-corrected chi connectivity index (χ2v) is 7.17. The second kappa shape index (κ2) is 11.5. The Morgan fingerprint density at radius 1 is 1.31 bits per heavy atom. The fourth-order valence-corrected chi connectivity index (χ4v) is 3.77. The Morgan fingerprint density at radius 3 is 2.54 bits per heavy atom. The van der Waals surface area contributed by atoms with Crippen LogP contribution < -0.4 is 14.8 Å². The third-order valence-corrected chi connectivity index (χ3v) is 5.28. The molecule has 1 heterocycles. The van der Waals surface area contributed by atoms with Crippen LogP contribution in [-0.4, -0.2) is 64.6 Å². The highest BCUT2D eigenvalue weighted by Gasteiger charge is 2.22. The van der Waals surface area contributed by atoms with Crippen molar-refractivity contribution in [3.8, 4) is 5.75 Å². The lowest BCUT2D eigenvalue weighted by molar-refractivity contribution is -0.385. The van der Waals surface area contributed by atoms with Crippen molar-refractivity contribution < 1.29 is 18.1 Å². The Balaban J connectivity index is 0.00000312. The van der Waals surface area contributed by atoms with Gasteiger partial charge in [-0.3, -0.25) is 10.1 Å². The summed E-state index contributed by atoms with van der Waals surface area (Å²) in [5.41, 5.74) is -0.294. The van der Waals surface area contributed by atoms with Crippen LogP contribution >= 0.6 is 24.8 Å². The SMILES string of the molecule is COc1ccc([N+](=O)[O-])cc1S(=O)(=O)NCCCN1CCNCC1.Cl.Cl. The van der Waals surface area contributed by atoms with Gasteiger partial charge < -0.3 is 15.0 Å². The summed E-state index contributed by atoms with van der Waals surface area (Å²) in [6.45, 7) is 4.85. The van der Waals surface area contributed by atoms with E-state index in [9.17, 15) is 18.5 Å². The number of nitro groups is 1. The molecule has 0 atom stereocenters. The highest BCUT2D eigenvalue weighted by atomic mass is 35.5. The number of non-ortho nitro benzene ring substituents is 1. The summed E-state index contributed by atoms with van der Waals surface area (Å²) in [5.74, 6) is 0.0789. The fraction of sp³-hybridized carbons (Fsp3) is 0.571. The van der Waals surface area contributed by atoms with Crippen molar-refractivity contribution in [2.45, 2.75) is 11.3 Å². The van der Waals surface area contributed by atoms with Crippen molar-refractivity contribution in [3.63, 3.8) is 0 Å². The van der Waals surface area contributed by atoms with Crippen molar-refractivity contribution in [1.82, 2.24) is 14.9 Å². The zero-order valence-corrected chi connectivity index (χ0v) is 16.8. The summed E-state index contributed by atoms with van der Waals surface area (Å²) in [7, 11) is -2.55. The number of hydrogen-bond acceptors (Lipinski definition) is 7. The number of benzene rings is 1. The van der Waals surface area contributed by atoms with Gasteiger partial charge in [-0.25, -0.2) is 13.1 Å². The largest absolute Gasteiger partial charge is 0.495 e. The van der Waals surface area contributed by atoms with Crippen LogP contribution in [0.1, 0.15) is 6.42 Å². The van der Waals surface area contributed by atoms with Crippen LogP contribution in [0.4, 0.5) is 5.69 Å². The summed E-state index contributed by atoms with van der Waals surface area (Å²) in [6.07, 6.45) is 0.663. The summed E-state index contributed by atoms with van der Waals surface area (Å²) >= 11 is 0. The molecule has 12 heteroatoms. The van der Waals surface area contributed by atoms with E-state index in [4.69, 9.17) is 4.74 Å². The average molecular weight is 431 g/mol. The van der Waals surface area contributed by atoms with Gasteiger partial charge in [-0.1, -0.05) is 0 Å². The molecular weight excluding hydrogens is 407 g/mol. The zero-order valence-electron chi connectivity index (χ0n) is 14.3. The summed E-state index contributed by atoms with van der Waals surface area (Å²) in [4.78, 5) is 12.3. The molecule has 1 aliphatic rings. The van der Waals surface area contributed by atoms with Crippen LogP contribution in [0.25, 0.3) is 0 Å². The molecule has 2 rings (SSSR count). The monoisotopic (exact) mass is 430 g/mol. The van der Waals surface area contributed by atoms with Gasteiger partial charge in [0.2, 0.25) is 10.0 Å². The van der Waals surface area contributed by atoms with Gasteiger partial charge in [-0.15, -0.1) is 24.8 Å². The number of methoxy groups -OCH3 is 1. The van der Waals surface area contributed by atoms with Crippen molar-refractivity contribution >= 4 is 40.5 Å². The smallest absolute Gasteiger partial charge is 0.271 e. The minimum atomic E-state index is -3.87. The van der Waals surface area contributed by atoms with Crippen molar-refractivity contribution in [1.29, 1.82) is 0 Å². The van der Waals surface area contributed by atoms with Gasteiger partial charge in [-0.05, 0) is 19.0 Å². The van der Waals surface area contributed by atoms with Crippen LogP contribution in [-0.2, 0) is 10.0 Å². The van der Waals surface area contributed by atoms with E-state index in [0.717, 1.165) is 38.8 Å². The summed E-state index contributed by atoms with van der Waals surface area (Å²) in [6, 6.07) is 3.51. The fourth-order valence-electron chi connectivity index (χ4n) is 2.51. The molecule has 0 bridgehead atoms. The van der Waals surface area contributed by atoms with Gasteiger partial charge >= 0.3 is 0 Å². The maximum absolute atomic E-state index is 12.4. The van der Waals surface area contributed by atoms with Gasteiger partial charge in [0.1, 0.15) is 10.6 Å². The van der Waals surface area contributed by atoms with E-state index in [1.165, 1.54) is 19.2 Å². The van der Waals surface area contributed by atoms with Crippen LogP contribution in [0, 0.1) is 10.1 Å². The molecule has 1 aromatic rings. The molecule has 1 aliphatic heterocycles. The normalized spacial score (nSPS) is 14.8. The molecule has 0 saturated carbocycles. The first-order valence-electron chi connectivity index (χ1n) is 7.69. The maximum Gasteiger partial charge on any atom is 0.271 e. The van der Waals surface area contributed by atoms with E-state index in [-0.39, 0.29) is 47.7 Å². The Hall–Kier alpha value is -1.17. The standard InChI is InChI=1S/C14H22N4O5S.2ClH/c1-23-13-4-3-12(18(19)20)11-14(13)24(21,22)16-5-2-8-17-9-6-15-7-10-17;;/h3-4,11,15-16H,2,5-10H2,1H3;2*1H. The minimum absolute atomic E-state index is 0. The first-order valence-corrected chi connectivity index (χ1v) is 9.17. The second-order valence-electron chi connectivity index (χ2n) is 5.44. The lowest BCUT2D eigenvalue weighted by Crippen LogP contribution is -2.44. The van der Waals surface area contributed by atoms with Crippen molar-refractivity contribution in [2.24, 2.45) is 0 Å². The Morgan fingerprint density at radius 2 is 1.96 bits per heavy atom. The molecule has 1 saturated heterocycles. The lowest BCUT2D eigenvalue weighted by atomic mass is 10.3. The van der Waals surface area contributed by atoms with Crippen molar-refractivity contribution in [2.75, 3.05) is 46.4 Å². The Bertz CT molecular complexity index is 684. The number of nitro benzene ring substituents is 1. The van der Waals surface area contributed by atoms with Crippen LogP contribution in [0.15, 0.2) is 23.1 Å². The van der Waals surface area contributed by atoms with E-state index in [2.05, 4.69) is 14.9 Å². The highest BCUT2D eigenvalue weighted by molar-refractivity contribution is 7.89. The maximum atomic E-state index is 12.4. The van der Waals surface area contributed by atoms with Gasteiger partial charge in [0.05, 0.1) is 12.0 Å². The number of nitrogens with one attached hydrogen (secondary N) is 2. The lowest BCUT2D eigenvalue weighted by Gasteiger charge is -2.27. The molecule has 0 amide bonds. The van der Waals surface area contributed by atoms with Crippen LogP contribution in [0.2, 0.25) is 0 Å². The van der Waals surface area contributed by atoms with Gasteiger partial charge in [-0.2, -0.15) is 0 Å². The van der Waals surface area contributed by atoms with Gasteiger partial charge in [0.15, 0.2) is 0 Å².